The lowest BCUT2D eigenvalue weighted by Gasteiger charge is -2.13. The van der Waals surface area contributed by atoms with Crippen LogP contribution in [-0.2, 0) is 16.1 Å². The Balaban J connectivity index is 2.22. The molecule has 1 rings (SSSR count). The van der Waals surface area contributed by atoms with Crippen LogP contribution in [0.25, 0.3) is 0 Å². The van der Waals surface area contributed by atoms with Gasteiger partial charge < -0.3 is 9.84 Å². The molecule has 4 nitrogen and oxygen atoms in total. The fraction of sp³-hybridized carbons (Fsp3) is 0.357. The molecule has 4 heteroatoms. The zero-order valence-electron chi connectivity index (χ0n) is 10.3. The molecule has 0 aliphatic heterocycles. The minimum absolute atomic E-state index is 0.225. The van der Waals surface area contributed by atoms with Crippen molar-refractivity contribution in [1.29, 1.82) is 0 Å². The van der Waals surface area contributed by atoms with Crippen LogP contribution < -0.4 is 5.32 Å². The minimum Gasteiger partial charge on any atom is -0.480 e. The first kappa shape index (κ1) is 14.4. The second kappa shape index (κ2) is 8.44. The molecule has 0 amide bonds. The van der Waals surface area contributed by atoms with Crippen molar-refractivity contribution < 1.29 is 14.6 Å². The van der Waals surface area contributed by atoms with Gasteiger partial charge in [-0.1, -0.05) is 36.4 Å². The number of aliphatic carboxylic acids is 1. The van der Waals surface area contributed by atoms with E-state index in [0.717, 1.165) is 5.56 Å². The van der Waals surface area contributed by atoms with Crippen LogP contribution in [0.15, 0.2) is 43.0 Å². The van der Waals surface area contributed by atoms with E-state index in [1.165, 1.54) is 0 Å². The highest BCUT2D eigenvalue weighted by atomic mass is 16.5. The van der Waals surface area contributed by atoms with Crippen LogP contribution in [0.2, 0.25) is 0 Å². The van der Waals surface area contributed by atoms with E-state index in [-0.39, 0.29) is 6.73 Å². The van der Waals surface area contributed by atoms with Crippen molar-refractivity contribution in [3.8, 4) is 0 Å². The number of hydrogen-bond donors (Lipinski definition) is 2. The number of carbonyl (C=O) groups is 1. The predicted octanol–water partition coefficient (Wildman–Crippen LogP) is 2.17. The molecular formula is C14H19NO3. The van der Waals surface area contributed by atoms with E-state index in [0.29, 0.717) is 19.4 Å². The van der Waals surface area contributed by atoms with Gasteiger partial charge in [-0.2, -0.15) is 0 Å². The van der Waals surface area contributed by atoms with Gasteiger partial charge in [0.1, 0.15) is 6.04 Å². The Kier molecular flexibility index (Phi) is 6.76. The number of benzene rings is 1. The molecule has 0 radical (unpaired) electrons. The monoisotopic (exact) mass is 249 g/mol. The van der Waals surface area contributed by atoms with Gasteiger partial charge in [0.05, 0.1) is 13.3 Å². The Bertz CT molecular complexity index is 365. The lowest BCUT2D eigenvalue weighted by molar-refractivity contribution is -0.140. The average molecular weight is 249 g/mol. The number of ether oxygens (including phenoxy) is 1. The van der Waals surface area contributed by atoms with Crippen LogP contribution >= 0.6 is 0 Å². The second-order valence-electron chi connectivity index (χ2n) is 3.94. The molecule has 0 saturated heterocycles. The third kappa shape index (κ3) is 5.61. The van der Waals surface area contributed by atoms with E-state index in [2.05, 4.69) is 11.9 Å². The summed E-state index contributed by atoms with van der Waals surface area (Å²) < 4.78 is 5.38. The van der Waals surface area contributed by atoms with Gasteiger partial charge in [0.15, 0.2) is 0 Å². The number of rotatable bonds is 9. The van der Waals surface area contributed by atoms with E-state index in [9.17, 15) is 4.79 Å². The highest BCUT2D eigenvalue weighted by Crippen LogP contribution is 2.01. The highest BCUT2D eigenvalue weighted by molar-refractivity contribution is 5.73. The average Bonchev–Trinajstić information content (AvgIpc) is 2.38. The van der Waals surface area contributed by atoms with Crippen LogP contribution in [-0.4, -0.2) is 23.8 Å². The molecule has 0 aliphatic carbocycles. The fourth-order valence-corrected chi connectivity index (χ4v) is 1.50. The van der Waals surface area contributed by atoms with Gasteiger partial charge >= 0.3 is 5.97 Å². The second-order valence-corrected chi connectivity index (χ2v) is 3.94. The number of hydrogen-bond acceptors (Lipinski definition) is 3. The summed E-state index contributed by atoms with van der Waals surface area (Å²) in [5, 5.41) is 11.8. The Morgan fingerprint density at radius 1 is 1.44 bits per heavy atom. The standard InChI is InChI=1S/C14H19NO3/c1-2-3-9-13(14(16)17)15-11-18-10-12-7-5-4-6-8-12/h2,4-8,13,15H,1,3,9-11H2,(H,16,17). The molecule has 1 aromatic rings. The molecule has 0 spiro atoms. The van der Waals surface area contributed by atoms with Crippen LogP contribution in [0.4, 0.5) is 0 Å². The van der Waals surface area contributed by atoms with Gasteiger partial charge in [-0.15, -0.1) is 6.58 Å². The highest BCUT2D eigenvalue weighted by Gasteiger charge is 2.14. The summed E-state index contributed by atoms with van der Waals surface area (Å²) in [5.74, 6) is -0.861. The summed E-state index contributed by atoms with van der Waals surface area (Å²) in [5.41, 5.74) is 1.07. The van der Waals surface area contributed by atoms with Crippen molar-refractivity contribution in [2.75, 3.05) is 6.73 Å². The molecule has 98 valence electrons. The fourth-order valence-electron chi connectivity index (χ4n) is 1.50. The first-order chi connectivity index (χ1) is 8.74. The van der Waals surface area contributed by atoms with Gasteiger partial charge in [-0.25, -0.2) is 0 Å². The Morgan fingerprint density at radius 2 is 2.17 bits per heavy atom. The quantitative estimate of drug-likeness (QED) is 0.400. The van der Waals surface area contributed by atoms with Crippen molar-refractivity contribution in [1.82, 2.24) is 5.32 Å². The van der Waals surface area contributed by atoms with Crippen LogP contribution in [0.5, 0.6) is 0 Å². The van der Waals surface area contributed by atoms with Gasteiger partial charge in [-0.05, 0) is 18.4 Å². The first-order valence-electron chi connectivity index (χ1n) is 5.92. The third-order valence-corrected chi connectivity index (χ3v) is 2.50. The largest absolute Gasteiger partial charge is 0.480 e. The smallest absolute Gasteiger partial charge is 0.320 e. The van der Waals surface area contributed by atoms with Gasteiger partial charge in [0.2, 0.25) is 0 Å². The molecule has 0 aliphatic rings. The summed E-state index contributed by atoms with van der Waals surface area (Å²) >= 11 is 0. The Labute approximate surface area is 107 Å². The minimum atomic E-state index is -0.861. The maximum Gasteiger partial charge on any atom is 0.320 e. The summed E-state index contributed by atoms with van der Waals surface area (Å²) in [6, 6.07) is 9.17. The molecule has 1 aromatic carbocycles. The molecule has 0 saturated carbocycles. The van der Waals surface area contributed by atoms with Crippen LogP contribution in [0.1, 0.15) is 18.4 Å². The number of allylic oxidation sites excluding steroid dienone is 1. The van der Waals surface area contributed by atoms with Crippen molar-refractivity contribution in [3.63, 3.8) is 0 Å². The van der Waals surface area contributed by atoms with Crippen molar-refractivity contribution in [2.24, 2.45) is 0 Å². The summed E-state index contributed by atoms with van der Waals surface area (Å²) in [6.07, 6.45) is 2.90. The van der Waals surface area contributed by atoms with Gasteiger partial charge in [-0.3, -0.25) is 10.1 Å². The molecule has 1 atom stereocenters. The zero-order valence-corrected chi connectivity index (χ0v) is 10.3. The molecule has 1 unspecified atom stereocenters. The summed E-state index contributed by atoms with van der Waals surface area (Å²) in [7, 11) is 0. The SMILES string of the molecule is C=CCCC(NCOCc1ccccc1)C(=O)O. The lowest BCUT2D eigenvalue weighted by atomic mass is 10.1. The first-order valence-corrected chi connectivity index (χ1v) is 5.92. The van der Waals surface area contributed by atoms with E-state index in [1.54, 1.807) is 6.08 Å². The van der Waals surface area contributed by atoms with Crippen molar-refractivity contribution >= 4 is 5.97 Å². The van der Waals surface area contributed by atoms with Crippen LogP contribution in [0, 0.1) is 0 Å². The van der Waals surface area contributed by atoms with Crippen LogP contribution in [0.3, 0.4) is 0 Å². The lowest BCUT2D eigenvalue weighted by Crippen LogP contribution is -2.37. The molecule has 2 N–H and O–H groups in total. The maximum absolute atomic E-state index is 10.9. The Hall–Kier alpha value is -1.65. The zero-order chi connectivity index (χ0) is 13.2. The third-order valence-electron chi connectivity index (χ3n) is 2.50. The summed E-state index contributed by atoms with van der Waals surface area (Å²) in [6.45, 7) is 4.28. The number of carboxylic acids is 1. The molecule has 0 bridgehead atoms. The molecular weight excluding hydrogens is 230 g/mol. The molecule has 18 heavy (non-hydrogen) atoms. The molecule has 0 fully saturated rings. The topological polar surface area (TPSA) is 58.6 Å². The summed E-state index contributed by atoms with van der Waals surface area (Å²) in [4.78, 5) is 10.9. The predicted molar refractivity (Wildman–Crippen MR) is 70.1 cm³/mol. The van der Waals surface area contributed by atoms with Crippen molar-refractivity contribution in [3.05, 3.63) is 48.6 Å². The molecule has 0 aromatic heterocycles. The number of carboxylic acid groups (broad SMARTS) is 1. The van der Waals surface area contributed by atoms with Gasteiger partial charge in [0.25, 0.3) is 0 Å². The normalized spacial score (nSPS) is 12.0. The van der Waals surface area contributed by atoms with E-state index >= 15 is 0 Å². The van der Waals surface area contributed by atoms with E-state index in [4.69, 9.17) is 9.84 Å². The van der Waals surface area contributed by atoms with Crippen molar-refractivity contribution in [2.45, 2.75) is 25.5 Å². The Morgan fingerprint density at radius 3 is 2.78 bits per heavy atom. The van der Waals surface area contributed by atoms with Gasteiger partial charge in [0, 0.05) is 0 Å². The van der Waals surface area contributed by atoms with E-state index < -0.39 is 12.0 Å². The number of nitrogens with one attached hydrogen (secondary N) is 1. The maximum atomic E-state index is 10.9. The van der Waals surface area contributed by atoms with E-state index in [1.807, 2.05) is 30.3 Å². The molecule has 0 heterocycles.